The van der Waals surface area contributed by atoms with Crippen molar-refractivity contribution in [3.63, 3.8) is 0 Å². The first-order valence-electron chi connectivity index (χ1n) is 10.3. The summed E-state index contributed by atoms with van der Waals surface area (Å²) >= 11 is 0. The number of furan rings is 1. The van der Waals surface area contributed by atoms with Gasteiger partial charge in [0.25, 0.3) is 5.91 Å². The SMILES string of the molecule is CCCCc1oc2ccccc2c1C(=O)NCC1CCCCN1CCC. The van der Waals surface area contributed by atoms with Crippen LogP contribution in [0.5, 0.6) is 0 Å². The molecule has 142 valence electrons. The maximum atomic E-state index is 13.0. The van der Waals surface area contributed by atoms with Crippen molar-refractivity contribution >= 4 is 16.9 Å². The molecule has 0 spiro atoms. The fraction of sp³-hybridized carbons (Fsp3) is 0.591. The van der Waals surface area contributed by atoms with Gasteiger partial charge in [-0.3, -0.25) is 9.69 Å². The Labute approximate surface area is 156 Å². The van der Waals surface area contributed by atoms with Crippen LogP contribution >= 0.6 is 0 Å². The molecule has 3 rings (SSSR count). The quantitative estimate of drug-likeness (QED) is 0.741. The Kier molecular flexibility index (Phi) is 6.73. The molecular formula is C22H32N2O2. The van der Waals surface area contributed by atoms with E-state index in [9.17, 15) is 4.79 Å². The van der Waals surface area contributed by atoms with E-state index >= 15 is 0 Å². The van der Waals surface area contributed by atoms with Crippen LogP contribution in [0.25, 0.3) is 11.0 Å². The summed E-state index contributed by atoms with van der Waals surface area (Å²) in [6.07, 6.45) is 7.82. The van der Waals surface area contributed by atoms with Crippen LogP contribution in [0.4, 0.5) is 0 Å². The Hall–Kier alpha value is -1.81. The number of amides is 1. The van der Waals surface area contributed by atoms with Crippen LogP contribution in [0.2, 0.25) is 0 Å². The van der Waals surface area contributed by atoms with E-state index in [1.54, 1.807) is 0 Å². The summed E-state index contributed by atoms with van der Waals surface area (Å²) in [7, 11) is 0. The van der Waals surface area contributed by atoms with Gasteiger partial charge < -0.3 is 9.73 Å². The Bertz CT molecular complexity index is 720. The first kappa shape index (κ1) is 19.0. The van der Waals surface area contributed by atoms with Crippen LogP contribution in [0, 0.1) is 0 Å². The van der Waals surface area contributed by atoms with Crippen LogP contribution < -0.4 is 5.32 Å². The largest absolute Gasteiger partial charge is 0.460 e. The molecule has 1 saturated heterocycles. The Morgan fingerprint density at radius 1 is 1.23 bits per heavy atom. The van der Waals surface area contributed by atoms with Crippen molar-refractivity contribution in [2.24, 2.45) is 0 Å². The number of nitrogens with zero attached hydrogens (tertiary/aromatic N) is 1. The van der Waals surface area contributed by atoms with E-state index in [0.717, 1.165) is 67.6 Å². The molecule has 0 saturated carbocycles. The summed E-state index contributed by atoms with van der Waals surface area (Å²) in [5.74, 6) is 0.850. The predicted octanol–water partition coefficient (Wildman–Crippen LogP) is 4.77. The van der Waals surface area contributed by atoms with E-state index in [2.05, 4.69) is 24.1 Å². The highest BCUT2D eigenvalue weighted by molar-refractivity contribution is 6.07. The van der Waals surface area contributed by atoms with Gasteiger partial charge in [-0.2, -0.15) is 0 Å². The molecule has 0 radical (unpaired) electrons. The minimum absolute atomic E-state index is 0.0167. The molecule has 1 amide bonds. The van der Waals surface area contributed by atoms with E-state index in [1.807, 2.05) is 24.3 Å². The molecule has 1 aromatic carbocycles. The summed E-state index contributed by atoms with van der Waals surface area (Å²) < 4.78 is 6.00. The van der Waals surface area contributed by atoms with E-state index < -0.39 is 0 Å². The molecule has 26 heavy (non-hydrogen) atoms. The normalized spacial score (nSPS) is 18.3. The van der Waals surface area contributed by atoms with Crippen LogP contribution in [0.1, 0.15) is 68.5 Å². The molecule has 4 nitrogen and oxygen atoms in total. The number of fused-ring (bicyclic) bond motifs is 1. The fourth-order valence-electron chi connectivity index (χ4n) is 4.03. The first-order chi connectivity index (χ1) is 12.7. The maximum Gasteiger partial charge on any atom is 0.255 e. The van der Waals surface area contributed by atoms with Gasteiger partial charge in [0, 0.05) is 24.4 Å². The Morgan fingerprint density at radius 3 is 2.88 bits per heavy atom. The minimum Gasteiger partial charge on any atom is -0.460 e. The molecule has 2 heterocycles. The maximum absolute atomic E-state index is 13.0. The average molecular weight is 357 g/mol. The van der Waals surface area contributed by atoms with Gasteiger partial charge in [-0.15, -0.1) is 0 Å². The molecule has 1 fully saturated rings. The zero-order chi connectivity index (χ0) is 18.4. The molecule has 1 aromatic heterocycles. The topological polar surface area (TPSA) is 45.5 Å². The third kappa shape index (κ3) is 4.29. The lowest BCUT2D eigenvalue weighted by Crippen LogP contribution is -2.46. The van der Waals surface area contributed by atoms with Crippen LogP contribution in [0.3, 0.4) is 0 Å². The van der Waals surface area contributed by atoms with E-state index in [0.29, 0.717) is 6.04 Å². The highest BCUT2D eigenvalue weighted by Crippen LogP contribution is 2.27. The number of carbonyl (C=O) groups excluding carboxylic acids is 1. The lowest BCUT2D eigenvalue weighted by molar-refractivity contribution is 0.0913. The summed E-state index contributed by atoms with van der Waals surface area (Å²) in [6, 6.07) is 8.34. The number of rotatable bonds is 8. The van der Waals surface area contributed by atoms with E-state index in [4.69, 9.17) is 4.42 Å². The number of nitrogens with one attached hydrogen (secondary N) is 1. The van der Waals surface area contributed by atoms with Gasteiger partial charge in [-0.1, -0.05) is 44.9 Å². The summed E-state index contributed by atoms with van der Waals surface area (Å²) in [4.78, 5) is 15.6. The second-order valence-corrected chi connectivity index (χ2v) is 7.40. The number of hydrogen-bond acceptors (Lipinski definition) is 3. The number of piperidine rings is 1. The van der Waals surface area contributed by atoms with Crippen molar-refractivity contribution in [1.82, 2.24) is 10.2 Å². The number of likely N-dealkylation sites (tertiary alicyclic amines) is 1. The van der Waals surface area contributed by atoms with Crippen molar-refractivity contribution in [2.75, 3.05) is 19.6 Å². The first-order valence-corrected chi connectivity index (χ1v) is 10.3. The molecule has 1 N–H and O–H groups in total. The second-order valence-electron chi connectivity index (χ2n) is 7.40. The molecule has 1 aliphatic heterocycles. The summed E-state index contributed by atoms with van der Waals surface area (Å²) in [5.41, 5.74) is 1.56. The highest BCUT2D eigenvalue weighted by Gasteiger charge is 2.24. The van der Waals surface area contributed by atoms with Gasteiger partial charge in [0.15, 0.2) is 0 Å². The third-order valence-electron chi connectivity index (χ3n) is 5.41. The van der Waals surface area contributed by atoms with Crippen molar-refractivity contribution in [3.8, 4) is 0 Å². The molecule has 1 aliphatic rings. The average Bonchev–Trinajstić information content (AvgIpc) is 3.04. The Balaban J connectivity index is 1.74. The van der Waals surface area contributed by atoms with Crippen molar-refractivity contribution < 1.29 is 9.21 Å². The van der Waals surface area contributed by atoms with Gasteiger partial charge in [0.1, 0.15) is 11.3 Å². The lowest BCUT2D eigenvalue weighted by atomic mass is 10.0. The van der Waals surface area contributed by atoms with E-state index in [1.165, 1.54) is 19.3 Å². The lowest BCUT2D eigenvalue weighted by Gasteiger charge is -2.35. The smallest absolute Gasteiger partial charge is 0.255 e. The third-order valence-corrected chi connectivity index (χ3v) is 5.41. The number of benzene rings is 1. The number of carbonyl (C=O) groups is 1. The van der Waals surface area contributed by atoms with Gasteiger partial charge in [-0.05, 0) is 44.8 Å². The Morgan fingerprint density at radius 2 is 2.08 bits per heavy atom. The van der Waals surface area contributed by atoms with Crippen molar-refractivity contribution in [1.29, 1.82) is 0 Å². The summed E-state index contributed by atoms with van der Waals surface area (Å²) in [5, 5.41) is 4.15. The number of unbranched alkanes of at least 4 members (excludes halogenated alkanes) is 1. The van der Waals surface area contributed by atoms with Gasteiger partial charge >= 0.3 is 0 Å². The van der Waals surface area contributed by atoms with Crippen LogP contribution in [-0.2, 0) is 6.42 Å². The highest BCUT2D eigenvalue weighted by atomic mass is 16.3. The summed E-state index contributed by atoms with van der Waals surface area (Å²) in [6.45, 7) is 7.39. The molecule has 4 heteroatoms. The van der Waals surface area contributed by atoms with Gasteiger partial charge in [-0.25, -0.2) is 0 Å². The number of para-hydroxylation sites is 1. The van der Waals surface area contributed by atoms with Crippen LogP contribution in [0.15, 0.2) is 28.7 Å². The zero-order valence-corrected chi connectivity index (χ0v) is 16.2. The number of aryl methyl sites for hydroxylation is 1. The molecule has 1 atom stereocenters. The van der Waals surface area contributed by atoms with Gasteiger partial charge in [0.05, 0.1) is 5.56 Å². The molecule has 2 aromatic rings. The standard InChI is InChI=1S/C22H32N2O2/c1-3-5-12-20-21(18-11-6-7-13-19(18)26-20)22(25)23-16-17-10-8-9-15-24(17)14-4-2/h6-7,11,13,17H,3-5,8-10,12,14-16H2,1-2H3,(H,23,25). The van der Waals surface area contributed by atoms with Crippen LogP contribution in [-0.4, -0.2) is 36.5 Å². The molecule has 0 aliphatic carbocycles. The number of hydrogen-bond donors (Lipinski definition) is 1. The molecule has 0 bridgehead atoms. The van der Waals surface area contributed by atoms with Crippen molar-refractivity contribution in [3.05, 3.63) is 35.6 Å². The van der Waals surface area contributed by atoms with Crippen molar-refractivity contribution in [2.45, 2.75) is 64.8 Å². The van der Waals surface area contributed by atoms with E-state index in [-0.39, 0.29) is 5.91 Å². The monoisotopic (exact) mass is 356 g/mol. The zero-order valence-electron chi connectivity index (χ0n) is 16.2. The van der Waals surface area contributed by atoms with Gasteiger partial charge in [0.2, 0.25) is 0 Å². The fourth-order valence-corrected chi connectivity index (χ4v) is 4.03. The molecule has 1 unspecified atom stereocenters. The second kappa shape index (κ2) is 9.22. The predicted molar refractivity (Wildman–Crippen MR) is 107 cm³/mol. The molecular weight excluding hydrogens is 324 g/mol. The minimum atomic E-state index is 0.0167.